The average Bonchev–Trinajstić information content (AvgIpc) is 3.36. The quantitative estimate of drug-likeness (QED) is 0.622. The van der Waals surface area contributed by atoms with Crippen molar-refractivity contribution >= 4 is 29.0 Å². The van der Waals surface area contributed by atoms with Crippen LogP contribution in [0.1, 0.15) is 23.7 Å². The first-order chi connectivity index (χ1) is 13.6. The van der Waals surface area contributed by atoms with Crippen LogP contribution >= 0.6 is 23.1 Å². The summed E-state index contributed by atoms with van der Waals surface area (Å²) < 4.78 is 13.6. The van der Waals surface area contributed by atoms with Crippen molar-refractivity contribution in [1.82, 2.24) is 20.1 Å². The van der Waals surface area contributed by atoms with Crippen LogP contribution in [0.2, 0.25) is 0 Å². The molecule has 2 aromatic heterocycles. The van der Waals surface area contributed by atoms with E-state index in [2.05, 4.69) is 15.5 Å². The van der Waals surface area contributed by atoms with Crippen molar-refractivity contribution in [3.8, 4) is 11.5 Å². The molecule has 0 fully saturated rings. The molecular weight excluding hydrogens is 396 g/mol. The number of fused-ring (bicyclic) bond motifs is 1. The zero-order valence-corrected chi connectivity index (χ0v) is 17.1. The van der Waals surface area contributed by atoms with E-state index in [0.717, 1.165) is 10.6 Å². The lowest BCUT2D eigenvalue weighted by Gasteiger charge is -2.25. The maximum atomic E-state index is 12.4. The van der Waals surface area contributed by atoms with E-state index in [-0.39, 0.29) is 17.3 Å². The Labute approximate surface area is 171 Å². The van der Waals surface area contributed by atoms with Gasteiger partial charge in [0.15, 0.2) is 28.6 Å². The number of rotatable bonds is 6. The number of para-hydroxylation sites is 2. The van der Waals surface area contributed by atoms with Gasteiger partial charge in [-0.3, -0.25) is 4.79 Å². The van der Waals surface area contributed by atoms with Crippen LogP contribution in [0.3, 0.4) is 0 Å². The van der Waals surface area contributed by atoms with E-state index in [9.17, 15) is 4.79 Å². The number of amides is 1. The number of hydrogen-bond acceptors (Lipinski definition) is 7. The molecule has 28 heavy (non-hydrogen) atoms. The topological polar surface area (TPSA) is 78.3 Å². The van der Waals surface area contributed by atoms with Gasteiger partial charge in [0.05, 0.1) is 11.8 Å². The van der Waals surface area contributed by atoms with E-state index >= 15 is 0 Å². The highest BCUT2D eigenvalue weighted by molar-refractivity contribution is 8.00. The summed E-state index contributed by atoms with van der Waals surface area (Å²) in [4.78, 5) is 13.5. The molecule has 2 atom stereocenters. The molecule has 3 aromatic rings. The SMILES string of the molecule is CC(Sc1nnc(C2COc3ccccc3O2)n1C)C(=O)NCc1cccs1. The lowest BCUT2D eigenvalue weighted by molar-refractivity contribution is -0.120. The molecule has 0 radical (unpaired) electrons. The molecule has 0 spiro atoms. The van der Waals surface area contributed by atoms with Gasteiger partial charge < -0.3 is 19.4 Å². The molecule has 2 unspecified atom stereocenters. The molecule has 3 heterocycles. The molecule has 0 saturated carbocycles. The number of nitrogens with one attached hydrogen (secondary N) is 1. The molecule has 0 saturated heterocycles. The standard InChI is InChI=1S/C19H20N4O3S2/c1-12(18(24)20-10-13-6-5-9-27-13)28-19-22-21-17(23(19)2)16-11-25-14-7-3-4-8-15(14)26-16/h3-9,12,16H,10-11H2,1-2H3,(H,20,24). The first-order valence-corrected chi connectivity index (χ1v) is 10.6. The van der Waals surface area contributed by atoms with Crippen molar-refractivity contribution in [1.29, 1.82) is 0 Å². The smallest absolute Gasteiger partial charge is 0.233 e. The highest BCUT2D eigenvalue weighted by Gasteiger charge is 2.28. The summed E-state index contributed by atoms with van der Waals surface area (Å²) >= 11 is 2.99. The molecule has 1 N–H and O–H groups in total. The van der Waals surface area contributed by atoms with Crippen LogP contribution in [0.5, 0.6) is 11.5 Å². The van der Waals surface area contributed by atoms with Crippen molar-refractivity contribution in [3.63, 3.8) is 0 Å². The zero-order valence-electron chi connectivity index (χ0n) is 15.5. The Balaban J connectivity index is 1.39. The molecule has 7 nitrogen and oxygen atoms in total. The molecule has 1 aliphatic rings. The van der Waals surface area contributed by atoms with Crippen molar-refractivity contribution in [3.05, 3.63) is 52.5 Å². The Bertz CT molecular complexity index is 958. The van der Waals surface area contributed by atoms with Crippen LogP contribution in [0.15, 0.2) is 46.9 Å². The molecule has 146 valence electrons. The fraction of sp³-hybridized carbons (Fsp3) is 0.316. The van der Waals surface area contributed by atoms with Crippen LogP contribution in [0, 0.1) is 0 Å². The summed E-state index contributed by atoms with van der Waals surface area (Å²) in [6, 6.07) is 11.5. The van der Waals surface area contributed by atoms with Gasteiger partial charge in [0.2, 0.25) is 5.91 Å². The predicted octanol–water partition coefficient (Wildman–Crippen LogP) is 3.19. The number of ether oxygens (including phenoxy) is 2. The third-order valence-corrected chi connectivity index (χ3v) is 6.34. The van der Waals surface area contributed by atoms with Crippen LogP contribution in [0.4, 0.5) is 0 Å². The number of nitrogens with zero attached hydrogens (tertiary/aromatic N) is 3. The minimum Gasteiger partial charge on any atom is -0.485 e. The first kappa shape index (κ1) is 18.8. The van der Waals surface area contributed by atoms with Gasteiger partial charge in [-0.15, -0.1) is 21.5 Å². The second-order valence-electron chi connectivity index (χ2n) is 6.32. The van der Waals surface area contributed by atoms with E-state index in [1.165, 1.54) is 11.8 Å². The third kappa shape index (κ3) is 4.00. The van der Waals surface area contributed by atoms with Gasteiger partial charge >= 0.3 is 0 Å². The summed E-state index contributed by atoms with van der Waals surface area (Å²) in [6.07, 6.45) is -0.343. The fourth-order valence-corrected chi connectivity index (χ4v) is 4.29. The highest BCUT2D eigenvalue weighted by atomic mass is 32.2. The minimum absolute atomic E-state index is 0.0332. The Hall–Kier alpha value is -2.52. The van der Waals surface area contributed by atoms with Gasteiger partial charge in [0.25, 0.3) is 0 Å². The van der Waals surface area contributed by atoms with Gasteiger partial charge in [-0.05, 0) is 30.5 Å². The summed E-state index contributed by atoms with van der Waals surface area (Å²) in [5.41, 5.74) is 0. The molecule has 1 amide bonds. The number of thiophene rings is 1. The Morgan fingerprint density at radius 1 is 1.32 bits per heavy atom. The third-order valence-electron chi connectivity index (χ3n) is 4.33. The van der Waals surface area contributed by atoms with Crippen molar-refractivity contribution < 1.29 is 14.3 Å². The van der Waals surface area contributed by atoms with E-state index in [4.69, 9.17) is 9.47 Å². The molecule has 9 heteroatoms. The maximum absolute atomic E-state index is 12.4. The Morgan fingerprint density at radius 2 is 2.14 bits per heavy atom. The van der Waals surface area contributed by atoms with Crippen molar-refractivity contribution in [2.75, 3.05) is 6.61 Å². The van der Waals surface area contributed by atoms with E-state index in [0.29, 0.717) is 29.9 Å². The van der Waals surface area contributed by atoms with Gasteiger partial charge in [0.1, 0.15) is 6.61 Å². The predicted molar refractivity (Wildman–Crippen MR) is 108 cm³/mol. The van der Waals surface area contributed by atoms with Crippen LogP contribution in [-0.4, -0.2) is 32.5 Å². The molecule has 0 bridgehead atoms. The number of carbonyl (C=O) groups excluding carboxylic acids is 1. The summed E-state index contributed by atoms with van der Waals surface area (Å²) in [5.74, 6) is 2.06. The molecule has 1 aromatic carbocycles. The first-order valence-electron chi connectivity index (χ1n) is 8.86. The molecular formula is C19H20N4O3S2. The number of benzene rings is 1. The highest BCUT2D eigenvalue weighted by Crippen LogP contribution is 2.36. The van der Waals surface area contributed by atoms with Crippen LogP contribution in [0.25, 0.3) is 0 Å². The number of carbonyl (C=O) groups is 1. The lowest BCUT2D eigenvalue weighted by Crippen LogP contribution is -2.30. The van der Waals surface area contributed by atoms with E-state index in [1.807, 2.05) is 60.3 Å². The number of hydrogen-bond donors (Lipinski definition) is 1. The lowest BCUT2D eigenvalue weighted by atomic mass is 10.2. The van der Waals surface area contributed by atoms with E-state index in [1.54, 1.807) is 11.3 Å². The maximum Gasteiger partial charge on any atom is 0.233 e. The Morgan fingerprint density at radius 3 is 2.93 bits per heavy atom. The molecule has 0 aliphatic carbocycles. The summed E-state index contributed by atoms with van der Waals surface area (Å²) in [7, 11) is 1.87. The molecule has 1 aliphatic heterocycles. The second kappa shape index (κ2) is 8.24. The second-order valence-corrected chi connectivity index (χ2v) is 8.66. The summed E-state index contributed by atoms with van der Waals surface area (Å²) in [5, 5.41) is 13.8. The van der Waals surface area contributed by atoms with Crippen molar-refractivity contribution in [2.24, 2.45) is 7.05 Å². The average molecular weight is 417 g/mol. The van der Waals surface area contributed by atoms with Crippen LogP contribution < -0.4 is 14.8 Å². The van der Waals surface area contributed by atoms with Gasteiger partial charge in [-0.1, -0.05) is 30.0 Å². The minimum atomic E-state index is -0.343. The number of thioether (sulfide) groups is 1. The van der Waals surface area contributed by atoms with Crippen LogP contribution in [-0.2, 0) is 18.4 Å². The van der Waals surface area contributed by atoms with E-state index < -0.39 is 0 Å². The zero-order chi connectivity index (χ0) is 19.5. The van der Waals surface area contributed by atoms with Gasteiger partial charge in [0, 0.05) is 11.9 Å². The van der Waals surface area contributed by atoms with Crippen molar-refractivity contribution in [2.45, 2.75) is 30.0 Å². The normalized spacial score (nSPS) is 16.6. The number of aromatic nitrogens is 3. The monoisotopic (exact) mass is 416 g/mol. The van der Waals surface area contributed by atoms with Gasteiger partial charge in [-0.25, -0.2) is 0 Å². The fourth-order valence-electron chi connectivity index (χ4n) is 2.80. The summed E-state index contributed by atoms with van der Waals surface area (Å²) in [6.45, 7) is 2.77. The largest absolute Gasteiger partial charge is 0.485 e. The van der Waals surface area contributed by atoms with Gasteiger partial charge in [-0.2, -0.15) is 0 Å². The Kier molecular flexibility index (Phi) is 5.54. The molecule has 4 rings (SSSR count).